The number of halogens is 1. The molecular weight excluding hydrogens is 248 g/mol. The first kappa shape index (κ1) is 8.78. The monoisotopic (exact) mass is 254 g/mol. The van der Waals surface area contributed by atoms with Gasteiger partial charge in [0.25, 0.3) is 0 Å². The third kappa shape index (κ3) is 1.92. The Morgan fingerprint density at radius 1 is 1.08 bits per heavy atom. The lowest BCUT2D eigenvalue weighted by Gasteiger charge is -1.96. The molecule has 0 amide bonds. The first-order valence-corrected chi connectivity index (χ1v) is 5.46. The van der Waals surface area contributed by atoms with Gasteiger partial charge in [0.1, 0.15) is 5.75 Å². The molecule has 0 aliphatic rings. The molecule has 1 nitrogen and oxygen atoms in total. The van der Waals surface area contributed by atoms with E-state index in [0.717, 1.165) is 9.35 Å². The van der Waals surface area contributed by atoms with Gasteiger partial charge in [0.2, 0.25) is 0 Å². The van der Waals surface area contributed by atoms with Crippen molar-refractivity contribution in [3.63, 3.8) is 0 Å². The third-order valence-corrected chi connectivity index (χ3v) is 3.27. The van der Waals surface area contributed by atoms with Gasteiger partial charge in [-0.1, -0.05) is 12.1 Å². The molecule has 0 aliphatic heterocycles. The largest absolute Gasteiger partial charge is 0.508 e. The van der Waals surface area contributed by atoms with Crippen LogP contribution in [0.5, 0.6) is 5.75 Å². The van der Waals surface area contributed by atoms with E-state index in [0.29, 0.717) is 5.75 Å². The van der Waals surface area contributed by atoms with Crippen LogP contribution >= 0.6 is 27.3 Å². The van der Waals surface area contributed by atoms with Crippen LogP contribution in [0.4, 0.5) is 0 Å². The fourth-order valence-electron chi connectivity index (χ4n) is 1.12. The molecule has 0 spiro atoms. The van der Waals surface area contributed by atoms with Crippen molar-refractivity contribution in [2.24, 2.45) is 0 Å². The summed E-state index contributed by atoms with van der Waals surface area (Å²) in [6.45, 7) is 0. The molecule has 3 heteroatoms. The minimum atomic E-state index is 0.304. The highest BCUT2D eigenvalue weighted by Crippen LogP contribution is 2.29. The molecule has 0 radical (unpaired) electrons. The zero-order valence-electron chi connectivity index (χ0n) is 6.70. The molecule has 1 aromatic heterocycles. The molecule has 0 atom stereocenters. The Kier molecular flexibility index (Phi) is 2.38. The van der Waals surface area contributed by atoms with Gasteiger partial charge in [0, 0.05) is 0 Å². The second kappa shape index (κ2) is 3.52. The van der Waals surface area contributed by atoms with Crippen molar-refractivity contribution in [2.75, 3.05) is 0 Å². The van der Waals surface area contributed by atoms with E-state index < -0.39 is 0 Å². The second-order valence-corrected chi connectivity index (χ2v) is 4.98. The zero-order valence-corrected chi connectivity index (χ0v) is 9.10. The molecule has 13 heavy (non-hydrogen) atoms. The fourth-order valence-corrected chi connectivity index (χ4v) is 2.28. The summed E-state index contributed by atoms with van der Waals surface area (Å²) in [5, 5.41) is 11.2. The molecular formula is C10H7BrOS. The smallest absolute Gasteiger partial charge is 0.115 e. The van der Waals surface area contributed by atoms with E-state index in [4.69, 9.17) is 5.11 Å². The standard InChI is InChI=1S/C10H7BrOS/c11-10-5-8(6-13-10)7-1-3-9(12)4-2-7/h1-6,12H. The quantitative estimate of drug-likeness (QED) is 0.819. The van der Waals surface area contributed by atoms with Crippen LogP contribution in [0.3, 0.4) is 0 Å². The lowest BCUT2D eigenvalue weighted by molar-refractivity contribution is 0.475. The van der Waals surface area contributed by atoms with Gasteiger partial charge < -0.3 is 5.11 Å². The summed E-state index contributed by atoms with van der Waals surface area (Å²) in [6.07, 6.45) is 0. The maximum absolute atomic E-state index is 9.10. The summed E-state index contributed by atoms with van der Waals surface area (Å²) in [7, 11) is 0. The van der Waals surface area contributed by atoms with Crippen molar-refractivity contribution in [1.82, 2.24) is 0 Å². The highest BCUT2D eigenvalue weighted by atomic mass is 79.9. The molecule has 0 fully saturated rings. The van der Waals surface area contributed by atoms with Crippen LogP contribution in [0, 0.1) is 0 Å². The number of hydrogen-bond donors (Lipinski definition) is 1. The average molecular weight is 255 g/mol. The van der Waals surface area contributed by atoms with Gasteiger partial charge in [-0.05, 0) is 50.6 Å². The highest BCUT2D eigenvalue weighted by molar-refractivity contribution is 9.11. The molecule has 2 rings (SSSR count). The summed E-state index contributed by atoms with van der Waals surface area (Å²) in [5.74, 6) is 0.304. The Bertz CT molecular complexity index is 405. The Morgan fingerprint density at radius 3 is 2.31 bits per heavy atom. The second-order valence-electron chi connectivity index (χ2n) is 2.69. The topological polar surface area (TPSA) is 20.2 Å². The number of hydrogen-bond acceptors (Lipinski definition) is 2. The van der Waals surface area contributed by atoms with Gasteiger partial charge in [0.05, 0.1) is 3.79 Å². The normalized spacial score (nSPS) is 10.2. The van der Waals surface area contributed by atoms with Crippen LogP contribution in [0.15, 0.2) is 39.5 Å². The zero-order chi connectivity index (χ0) is 9.26. The minimum Gasteiger partial charge on any atom is -0.508 e. The first-order valence-electron chi connectivity index (χ1n) is 3.79. The lowest BCUT2D eigenvalue weighted by Crippen LogP contribution is -1.71. The predicted octanol–water partition coefficient (Wildman–Crippen LogP) is 3.88. The maximum Gasteiger partial charge on any atom is 0.115 e. The average Bonchev–Trinajstić information content (AvgIpc) is 2.53. The summed E-state index contributed by atoms with van der Waals surface area (Å²) in [5.41, 5.74) is 2.30. The van der Waals surface area contributed by atoms with Crippen molar-refractivity contribution in [2.45, 2.75) is 0 Å². The molecule has 0 unspecified atom stereocenters. The number of phenols is 1. The van der Waals surface area contributed by atoms with Crippen molar-refractivity contribution in [3.05, 3.63) is 39.5 Å². The number of rotatable bonds is 1. The fraction of sp³-hybridized carbons (Fsp3) is 0. The minimum absolute atomic E-state index is 0.304. The lowest BCUT2D eigenvalue weighted by atomic mass is 10.1. The Labute approximate surface area is 88.8 Å². The first-order chi connectivity index (χ1) is 6.25. The van der Waals surface area contributed by atoms with Gasteiger partial charge in [-0.2, -0.15) is 0 Å². The third-order valence-electron chi connectivity index (χ3n) is 1.77. The van der Waals surface area contributed by atoms with E-state index in [9.17, 15) is 0 Å². The van der Waals surface area contributed by atoms with Crippen LogP contribution in [-0.4, -0.2) is 5.11 Å². The molecule has 1 N–H and O–H groups in total. The van der Waals surface area contributed by atoms with E-state index in [1.165, 1.54) is 5.56 Å². The summed E-state index contributed by atoms with van der Waals surface area (Å²) < 4.78 is 1.12. The highest BCUT2D eigenvalue weighted by Gasteiger charge is 1.99. The number of phenolic OH excluding ortho intramolecular Hbond substituents is 1. The van der Waals surface area contributed by atoms with Crippen molar-refractivity contribution < 1.29 is 5.11 Å². The van der Waals surface area contributed by atoms with Crippen molar-refractivity contribution in [1.29, 1.82) is 0 Å². The van der Waals surface area contributed by atoms with Gasteiger partial charge in [-0.25, -0.2) is 0 Å². The number of thiophene rings is 1. The van der Waals surface area contributed by atoms with Crippen molar-refractivity contribution in [3.8, 4) is 16.9 Å². The van der Waals surface area contributed by atoms with Crippen molar-refractivity contribution >= 4 is 27.3 Å². The molecule has 2 aromatic rings. The molecule has 0 saturated heterocycles. The van der Waals surface area contributed by atoms with E-state index in [2.05, 4.69) is 27.4 Å². The molecule has 0 bridgehead atoms. The Morgan fingerprint density at radius 2 is 1.77 bits per heavy atom. The molecule has 66 valence electrons. The van der Waals surface area contributed by atoms with Gasteiger partial charge in [-0.3, -0.25) is 0 Å². The van der Waals surface area contributed by atoms with E-state index in [-0.39, 0.29) is 0 Å². The van der Waals surface area contributed by atoms with Crippen LogP contribution in [0.2, 0.25) is 0 Å². The van der Waals surface area contributed by atoms with Crippen LogP contribution in [0.1, 0.15) is 0 Å². The summed E-state index contributed by atoms with van der Waals surface area (Å²) in [6, 6.07) is 9.27. The number of benzene rings is 1. The molecule has 1 aromatic carbocycles. The van der Waals surface area contributed by atoms with E-state index in [1.807, 2.05) is 12.1 Å². The van der Waals surface area contributed by atoms with E-state index in [1.54, 1.807) is 23.5 Å². The number of aromatic hydroxyl groups is 1. The van der Waals surface area contributed by atoms with Crippen LogP contribution < -0.4 is 0 Å². The molecule has 1 heterocycles. The predicted molar refractivity (Wildman–Crippen MR) is 59.1 cm³/mol. The summed E-state index contributed by atoms with van der Waals surface area (Å²) >= 11 is 5.07. The van der Waals surface area contributed by atoms with E-state index >= 15 is 0 Å². The van der Waals surface area contributed by atoms with Gasteiger partial charge in [0.15, 0.2) is 0 Å². The molecule has 0 saturated carbocycles. The Balaban J connectivity index is 2.41. The van der Waals surface area contributed by atoms with Crippen LogP contribution in [0.25, 0.3) is 11.1 Å². The Hall–Kier alpha value is -0.800. The maximum atomic E-state index is 9.10. The SMILES string of the molecule is Oc1ccc(-c2csc(Br)c2)cc1. The van der Waals surface area contributed by atoms with Gasteiger partial charge >= 0.3 is 0 Å². The summed E-state index contributed by atoms with van der Waals surface area (Å²) in [4.78, 5) is 0. The van der Waals surface area contributed by atoms with Gasteiger partial charge in [-0.15, -0.1) is 11.3 Å². The van der Waals surface area contributed by atoms with Crippen LogP contribution in [-0.2, 0) is 0 Å². The molecule has 0 aliphatic carbocycles.